The van der Waals surface area contributed by atoms with Crippen LogP contribution in [0.1, 0.15) is 5.76 Å². The van der Waals surface area contributed by atoms with Crippen LogP contribution in [0.2, 0.25) is 0 Å². The molecule has 116 valence electrons. The third-order valence-corrected chi connectivity index (χ3v) is 4.31. The van der Waals surface area contributed by atoms with Crippen molar-refractivity contribution in [3.8, 4) is 0 Å². The Morgan fingerprint density at radius 3 is 2.39 bits per heavy atom. The molecule has 1 aliphatic heterocycles. The number of halogens is 2. The summed E-state index contributed by atoms with van der Waals surface area (Å²) in [7, 11) is 0. The lowest BCUT2D eigenvalue weighted by Crippen LogP contribution is -2.54. The number of thiocarbonyl (C=S) groups is 1. The molecule has 5 nitrogen and oxygen atoms in total. The van der Waals surface area contributed by atoms with Gasteiger partial charge in [0.1, 0.15) is 11.3 Å². The van der Waals surface area contributed by atoms with E-state index in [0.717, 1.165) is 4.47 Å². The fourth-order valence-corrected chi connectivity index (χ4v) is 2.89. The number of hydrogen-bond acceptors (Lipinski definition) is 4. The minimum absolute atomic E-state index is 0.0418. The third-order valence-electron chi connectivity index (χ3n) is 3.07. The number of nitrogens with zero attached hydrogens (tertiary/aromatic N) is 1. The molecule has 0 unspecified atom stereocenters. The third kappa shape index (κ3) is 3.29. The fourth-order valence-electron chi connectivity index (χ4n) is 2.03. The normalized spacial score (nSPS) is 16.9. The molecule has 0 saturated carbocycles. The summed E-state index contributed by atoms with van der Waals surface area (Å²) in [5.74, 6) is -0.673. The first-order valence-electron chi connectivity index (χ1n) is 6.38. The Labute approximate surface area is 153 Å². The van der Waals surface area contributed by atoms with Crippen LogP contribution in [0.5, 0.6) is 0 Å². The summed E-state index contributed by atoms with van der Waals surface area (Å²) >= 11 is 11.6. The second-order valence-corrected chi connectivity index (χ2v) is 6.66. The Kier molecular flexibility index (Phi) is 4.47. The van der Waals surface area contributed by atoms with E-state index in [0.29, 0.717) is 16.1 Å². The van der Waals surface area contributed by atoms with E-state index in [1.54, 1.807) is 36.4 Å². The van der Waals surface area contributed by atoms with Crippen LogP contribution in [0.25, 0.3) is 6.08 Å². The number of rotatable bonds is 2. The van der Waals surface area contributed by atoms with Crippen molar-refractivity contribution in [2.24, 2.45) is 0 Å². The molecular weight excluding hydrogens is 448 g/mol. The van der Waals surface area contributed by atoms with E-state index in [1.807, 2.05) is 0 Å². The average Bonchev–Trinajstić information content (AvgIpc) is 2.91. The number of nitrogens with one attached hydrogen (secondary N) is 1. The SMILES string of the molecule is O=C1NC(=S)N(c2ccc(Br)cc2)C(=O)/C1=C/c1ccc(Br)o1. The predicted octanol–water partition coefficient (Wildman–Crippen LogP) is 3.64. The Bertz CT molecular complexity index is 843. The minimum Gasteiger partial charge on any atom is -0.450 e. The molecule has 8 heteroatoms. The number of benzene rings is 1. The number of anilines is 1. The zero-order chi connectivity index (χ0) is 16.6. The summed E-state index contributed by atoms with van der Waals surface area (Å²) in [6.07, 6.45) is 1.38. The second kappa shape index (κ2) is 6.38. The highest BCUT2D eigenvalue weighted by molar-refractivity contribution is 9.10. The van der Waals surface area contributed by atoms with Gasteiger partial charge in [0.25, 0.3) is 11.8 Å². The molecule has 1 fully saturated rings. The van der Waals surface area contributed by atoms with Crippen molar-refractivity contribution in [1.29, 1.82) is 0 Å². The van der Waals surface area contributed by atoms with Gasteiger partial charge >= 0.3 is 0 Å². The van der Waals surface area contributed by atoms with Crippen molar-refractivity contribution in [3.63, 3.8) is 0 Å². The minimum atomic E-state index is -0.555. The maximum Gasteiger partial charge on any atom is 0.270 e. The van der Waals surface area contributed by atoms with Crippen LogP contribution in [0.15, 0.2) is 55.5 Å². The molecule has 23 heavy (non-hydrogen) atoms. The average molecular weight is 456 g/mol. The van der Waals surface area contributed by atoms with Gasteiger partial charge in [-0.05, 0) is 70.6 Å². The van der Waals surface area contributed by atoms with Crippen molar-refractivity contribution in [1.82, 2.24) is 5.32 Å². The van der Waals surface area contributed by atoms with Crippen LogP contribution in [-0.2, 0) is 9.59 Å². The summed E-state index contributed by atoms with van der Waals surface area (Å²) in [5.41, 5.74) is 0.512. The molecule has 3 rings (SSSR count). The van der Waals surface area contributed by atoms with Gasteiger partial charge in [-0.2, -0.15) is 0 Å². The lowest BCUT2D eigenvalue weighted by molar-refractivity contribution is -0.122. The van der Waals surface area contributed by atoms with Gasteiger partial charge < -0.3 is 4.42 Å². The first-order valence-corrected chi connectivity index (χ1v) is 8.37. The lowest BCUT2D eigenvalue weighted by Gasteiger charge is -2.28. The van der Waals surface area contributed by atoms with Gasteiger partial charge in [-0.1, -0.05) is 15.9 Å². The van der Waals surface area contributed by atoms with E-state index >= 15 is 0 Å². The van der Waals surface area contributed by atoms with Crippen LogP contribution < -0.4 is 10.2 Å². The number of furan rings is 1. The van der Waals surface area contributed by atoms with Crippen molar-refractivity contribution >= 4 is 72.8 Å². The molecule has 1 saturated heterocycles. The molecule has 0 atom stereocenters. The van der Waals surface area contributed by atoms with E-state index in [-0.39, 0.29) is 10.7 Å². The summed E-state index contributed by atoms with van der Waals surface area (Å²) < 4.78 is 6.70. The number of carbonyl (C=O) groups is 2. The summed E-state index contributed by atoms with van der Waals surface area (Å²) in [5, 5.41) is 2.56. The first kappa shape index (κ1) is 16.1. The molecule has 2 amide bonds. The standard InChI is InChI=1S/C15H8Br2N2O3S/c16-8-1-3-9(4-2-8)19-14(21)11(13(20)18-15(19)23)7-10-5-6-12(17)22-10/h1-7H,(H,18,20,23)/b11-7+. The van der Waals surface area contributed by atoms with Crippen LogP contribution in [0.4, 0.5) is 5.69 Å². The number of amides is 2. The molecule has 0 radical (unpaired) electrons. The first-order chi connectivity index (χ1) is 11.0. The summed E-state index contributed by atoms with van der Waals surface area (Å²) in [6.45, 7) is 0. The summed E-state index contributed by atoms with van der Waals surface area (Å²) in [4.78, 5) is 26.0. The van der Waals surface area contributed by atoms with Gasteiger partial charge in [0, 0.05) is 4.47 Å². The maximum absolute atomic E-state index is 12.7. The molecule has 2 heterocycles. The van der Waals surface area contributed by atoms with Gasteiger partial charge in [0.2, 0.25) is 0 Å². The van der Waals surface area contributed by atoms with Gasteiger partial charge in [-0.15, -0.1) is 0 Å². The molecule has 0 aliphatic carbocycles. The Hall–Kier alpha value is -1.77. The van der Waals surface area contributed by atoms with E-state index in [2.05, 4.69) is 37.2 Å². The van der Waals surface area contributed by atoms with Crippen molar-refractivity contribution in [2.45, 2.75) is 0 Å². The topological polar surface area (TPSA) is 62.6 Å². The molecule has 1 N–H and O–H groups in total. The molecule has 1 aromatic heterocycles. The van der Waals surface area contributed by atoms with E-state index < -0.39 is 11.8 Å². The van der Waals surface area contributed by atoms with Crippen LogP contribution in [0.3, 0.4) is 0 Å². The quantitative estimate of drug-likeness (QED) is 0.426. The van der Waals surface area contributed by atoms with Crippen LogP contribution in [-0.4, -0.2) is 16.9 Å². The van der Waals surface area contributed by atoms with Gasteiger partial charge in [0.15, 0.2) is 9.78 Å². The van der Waals surface area contributed by atoms with Crippen LogP contribution >= 0.6 is 44.1 Å². The molecule has 0 bridgehead atoms. The number of carbonyl (C=O) groups excluding carboxylic acids is 2. The van der Waals surface area contributed by atoms with Crippen molar-refractivity contribution in [2.75, 3.05) is 4.90 Å². The Morgan fingerprint density at radius 2 is 1.78 bits per heavy atom. The maximum atomic E-state index is 12.7. The van der Waals surface area contributed by atoms with Crippen molar-refractivity contribution in [3.05, 3.63) is 56.9 Å². The summed E-state index contributed by atoms with van der Waals surface area (Å²) in [6, 6.07) is 10.4. The molecule has 1 aromatic carbocycles. The van der Waals surface area contributed by atoms with Crippen molar-refractivity contribution < 1.29 is 14.0 Å². The smallest absolute Gasteiger partial charge is 0.270 e. The molecule has 0 spiro atoms. The monoisotopic (exact) mass is 454 g/mol. The zero-order valence-corrected chi connectivity index (χ0v) is 15.4. The predicted molar refractivity (Wildman–Crippen MR) is 96.8 cm³/mol. The van der Waals surface area contributed by atoms with E-state index in [1.165, 1.54) is 11.0 Å². The largest absolute Gasteiger partial charge is 0.450 e. The van der Waals surface area contributed by atoms with Gasteiger partial charge in [-0.3, -0.25) is 19.8 Å². The number of hydrogen-bond donors (Lipinski definition) is 1. The van der Waals surface area contributed by atoms with E-state index in [4.69, 9.17) is 16.6 Å². The van der Waals surface area contributed by atoms with Gasteiger partial charge in [-0.25, -0.2) is 0 Å². The fraction of sp³-hybridized carbons (Fsp3) is 0. The molecular formula is C15H8Br2N2O3S. The Morgan fingerprint density at radius 1 is 1.09 bits per heavy atom. The molecule has 2 aromatic rings. The lowest BCUT2D eigenvalue weighted by atomic mass is 10.1. The highest BCUT2D eigenvalue weighted by atomic mass is 79.9. The molecule has 1 aliphatic rings. The van der Waals surface area contributed by atoms with E-state index in [9.17, 15) is 9.59 Å². The highest BCUT2D eigenvalue weighted by Gasteiger charge is 2.34. The zero-order valence-electron chi connectivity index (χ0n) is 11.4. The van der Waals surface area contributed by atoms with Crippen LogP contribution in [0, 0.1) is 0 Å². The Balaban J connectivity index is 2.00. The van der Waals surface area contributed by atoms with Gasteiger partial charge in [0.05, 0.1) is 5.69 Å². The highest BCUT2D eigenvalue weighted by Crippen LogP contribution is 2.24. The second-order valence-electron chi connectivity index (χ2n) is 4.58.